The summed E-state index contributed by atoms with van der Waals surface area (Å²) < 4.78 is 37.6. The van der Waals surface area contributed by atoms with Crippen LogP contribution >= 0.6 is 0 Å². The number of nitrogen functional groups attached to an aromatic ring is 1. The van der Waals surface area contributed by atoms with E-state index in [4.69, 9.17) is 5.84 Å². The maximum absolute atomic E-state index is 12.5. The van der Waals surface area contributed by atoms with Gasteiger partial charge < -0.3 is 10.3 Å². The monoisotopic (exact) mass is 289 g/mol. The molecule has 1 amide bonds. The minimum absolute atomic E-state index is 0.238. The Morgan fingerprint density at radius 1 is 1.40 bits per heavy atom. The number of hydrazine groups is 1. The average Bonchev–Trinajstić information content (AvgIpc) is 2.33. The number of nitrogens with zero attached hydrogens (tertiary/aromatic N) is 1. The minimum atomic E-state index is -4.42. The molecule has 0 heterocycles. The van der Waals surface area contributed by atoms with Crippen molar-refractivity contribution >= 4 is 11.6 Å². The highest BCUT2D eigenvalue weighted by atomic mass is 19.4. The number of anilines is 1. The first-order chi connectivity index (χ1) is 9.15. The zero-order valence-electron chi connectivity index (χ0n) is 11.6. The Bertz CT molecular complexity index is 486. The summed E-state index contributed by atoms with van der Waals surface area (Å²) in [4.78, 5) is 13.1. The first-order valence-electron chi connectivity index (χ1n) is 6.10. The second-order valence-corrected chi connectivity index (χ2v) is 4.82. The standard InChI is InChI=1S/C13H18F3N3O/c1-8(2)19(7-13(14,15)16)12(20)11-5-4-10(18-17)6-9(11)3/h4-6,8,18H,7,17H2,1-3H3. The topological polar surface area (TPSA) is 58.4 Å². The third-order valence-electron chi connectivity index (χ3n) is 2.86. The fraction of sp³-hybridized carbons (Fsp3) is 0.462. The molecular formula is C13H18F3N3O. The number of nitrogens with two attached hydrogens (primary N) is 1. The number of benzene rings is 1. The average molecular weight is 289 g/mol. The predicted octanol–water partition coefficient (Wildman–Crippen LogP) is 2.69. The fourth-order valence-corrected chi connectivity index (χ4v) is 1.83. The van der Waals surface area contributed by atoms with Crippen LogP contribution in [0.4, 0.5) is 18.9 Å². The normalized spacial score (nSPS) is 11.6. The molecule has 7 heteroatoms. The van der Waals surface area contributed by atoms with Gasteiger partial charge in [-0.1, -0.05) is 0 Å². The first-order valence-corrected chi connectivity index (χ1v) is 6.10. The molecule has 0 spiro atoms. The fourth-order valence-electron chi connectivity index (χ4n) is 1.83. The number of carbonyl (C=O) groups excluding carboxylic acids is 1. The van der Waals surface area contributed by atoms with Crippen LogP contribution in [0.15, 0.2) is 18.2 Å². The molecule has 112 valence electrons. The van der Waals surface area contributed by atoms with E-state index in [-0.39, 0.29) is 5.56 Å². The van der Waals surface area contributed by atoms with Crippen LogP contribution in [0.25, 0.3) is 0 Å². The number of carbonyl (C=O) groups is 1. The van der Waals surface area contributed by atoms with Crippen LogP contribution in [0.3, 0.4) is 0 Å². The molecule has 0 aliphatic carbocycles. The summed E-state index contributed by atoms with van der Waals surface area (Å²) in [6.07, 6.45) is -4.42. The number of amides is 1. The van der Waals surface area contributed by atoms with Crippen LogP contribution in [0.5, 0.6) is 0 Å². The summed E-state index contributed by atoms with van der Waals surface area (Å²) >= 11 is 0. The highest BCUT2D eigenvalue weighted by molar-refractivity contribution is 5.96. The van der Waals surface area contributed by atoms with E-state index >= 15 is 0 Å². The molecule has 0 fully saturated rings. The molecule has 0 saturated carbocycles. The highest BCUT2D eigenvalue weighted by Crippen LogP contribution is 2.22. The molecule has 0 aliphatic heterocycles. The largest absolute Gasteiger partial charge is 0.406 e. The van der Waals surface area contributed by atoms with E-state index in [0.29, 0.717) is 11.3 Å². The van der Waals surface area contributed by atoms with Crippen molar-refractivity contribution in [2.45, 2.75) is 33.0 Å². The van der Waals surface area contributed by atoms with E-state index in [2.05, 4.69) is 5.43 Å². The molecule has 1 rings (SSSR count). The highest BCUT2D eigenvalue weighted by Gasteiger charge is 2.34. The molecule has 1 aromatic rings. The van der Waals surface area contributed by atoms with Gasteiger partial charge in [0.25, 0.3) is 5.91 Å². The minimum Gasteiger partial charge on any atom is -0.327 e. The number of rotatable bonds is 4. The number of hydrogen-bond acceptors (Lipinski definition) is 3. The smallest absolute Gasteiger partial charge is 0.327 e. The molecule has 1 aromatic carbocycles. The Kier molecular flexibility index (Phi) is 4.99. The summed E-state index contributed by atoms with van der Waals surface area (Å²) in [5.74, 6) is 4.60. The van der Waals surface area contributed by atoms with Crippen molar-refractivity contribution in [3.8, 4) is 0 Å². The van der Waals surface area contributed by atoms with Gasteiger partial charge in [-0.15, -0.1) is 0 Å². The molecule has 20 heavy (non-hydrogen) atoms. The summed E-state index contributed by atoms with van der Waals surface area (Å²) in [5.41, 5.74) is 3.81. The van der Waals surface area contributed by atoms with Gasteiger partial charge in [-0.05, 0) is 44.5 Å². The zero-order valence-corrected chi connectivity index (χ0v) is 11.6. The number of aryl methyl sites for hydroxylation is 1. The molecule has 0 aliphatic rings. The van der Waals surface area contributed by atoms with E-state index in [1.165, 1.54) is 6.07 Å². The van der Waals surface area contributed by atoms with Gasteiger partial charge in [0, 0.05) is 17.3 Å². The number of nitrogens with one attached hydrogen (secondary N) is 1. The van der Waals surface area contributed by atoms with Crippen LogP contribution in [0.1, 0.15) is 29.8 Å². The molecule has 0 atom stereocenters. The molecule has 0 radical (unpaired) electrons. The van der Waals surface area contributed by atoms with E-state index in [1.54, 1.807) is 32.9 Å². The van der Waals surface area contributed by atoms with Gasteiger partial charge in [-0.3, -0.25) is 10.6 Å². The summed E-state index contributed by atoms with van der Waals surface area (Å²) in [6, 6.07) is 4.08. The van der Waals surface area contributed by atoms with Crippen molar-refractivity contribution in [2.24, 2.45) is 5.84 Å². The first kappa shape index (κ1) is 16.3. The van der Waals surface area contributed by atoms with E-state index in [1.807, 2.05) is 0 Å². The Morgan fingerprint density at radius 3 is 2.40 bits per heavy atom. The van der Waals surface area contributed by atoms with Crippen molar-refractivity contribution in [2.75, 3.05) is 12.0 Å². The second kappa shape index (κ2) is 6.13. The summed E-state index contributed by atoms with van der Waals surface area (Å²) in [5, 5.41) is 0. The number of halogens is 3. The molecule has 3 N–H and O–H groups in total. The zero-order chi connectivity index (χ0) is 15.5. The van der Waals surface area contributed by atoms with Gasteiger partial charge in [0.2, 0.25) is 0 Å². The van der Waals surface area contributed by atoms with E-state index in [9.17, 15) is 18.0 Å². The van der Waals surface area contributed by atoms with Crippen LogP contribution < -0.4 is 11.3 Å². The Labute approximate surface area is 115 Å². The molecule has 4 nitrogen and oxygen atoms in total. The van der Waals surface area contributed by atoms with Gasteiger partial charge in [0.1, 0.15) is 6.54 Å². The summed E-state index contributed by atoms with van der Waals surface area (Å²) in [7, 11) is 0. The lowest BCUT2D eigenvalue weighted by Gasteiger charge is -2.28. The molecule has 0 unspecified atom stereocenters. The van der Waals surface area contributed by atoms with Crippen LogP contribution in [0, 0.1) is 6.92 Å². The van der Waals surface area contributed by atoms with E-state index in [0.717, 1.165) is 4.90 Å². The number of hydrogen-bond donors (Lipinski definition) is 2. The Balaban J connectivity index is 3.07. The SMILES string of the molecule is Cc1cc(NN)ccc1C(=O)N(CC(F)(F)F)C(C)C. The van der Waals surface area contributed by atoms with Gasteiger partial charge in [-0.25, -0.2) is 0 Å². The molecule has 0 bridgehead atoms. The van der Waals surface area contributed by atoms with Crippen molar-refractivity contribution in [3.63, 3.8) is 0 Å². The van der Waals surface area contributed by atoms with Crippen LogP contribution in [0.2, 0.25) is 0 Å². The lowest BCUT2D eigenvalue weighted by Crippen LogP contribution is -2.43. The van der Waals surface area contributed by atoms with Crippen LogP contribution in [-0.4, -0.2) is 29.6 Å². The van der Waals surface area contributed by atoms with Crippen molar-refractivity contribution in [1.29, 1.82) is 0 Å². The quantitative estimate of drug-likeness (QED) is 0.662. The summed E-state index contributed by atoms with van der Waals surface area (Å²) in [6.45, 7) is 3.49. The Morgan fingerprint density at radius 2 is 2.00 bits per heavy atom. The molecule has 0 saturated heterocycles. The molecule has 0 aromatic heterocycles. The van der Waals surface area contributed by atoms with Gasteiger partial charge in [0.15, 0.2) is 0 Å². The lowest BCUT2D eigenvalue weighted by molar-refractivity contribution is -0.143. The lowest BCUT2D eigenvalue weighted by atomic mass is 10.1. The number of alkyl halides is 3. The van der Waals surface area contributed by atoms with Crippen LogP contribution in [-0.2, 0) is 0 Å². The van der Waals surface area contributed by atoms with E-state index < -0.39 is 24.7 Å². The second-order valence-electron chi connectivity index (χ2n) is 4.82. The maximum Gasteiger partial charge on any atom is 0.406 e. The van der Waals surface area contributed by atoms with Crippen molar-refractivity contribution in [3.05, 3.63) is 29.3 Å². The predicted molar refractivity (Wildman–Crippen MR) is 71.2 cm³/mol. The van der Waals surface area contributed by atoms with Gasteiger partial charge >= 0.3 is 6.18 Å². The maximum atomic E-state index is 12.5. The van der Waals surface area contributed by atoms with Crippen molar-refractivity contribution in [1.82, 2.24) is 4.90 Å². The molecular weight excluding hydrogens is 271 g/mol. The Hall–Kier alpha value is -1.76. The third kappa shape index (κ3) is 4.12. The van der Waals surface area contributed by atoms with Gasteiger partial charge in [-0.2, -0.15) is 13.2 Å². The van der Waals surface area contributed by atoms with Crippen molar-refractivity contribution < 1.29 is 18.0 Å². The third-order valence-corrected chi connectivity index (χ3v) is 2.86. The van der Waals surface area contributed by atoms with Gasteiger partial charge in [0.05, 0.1) is 0 Å².